The number of rotatable bonds is 7. The Morgan fingerprint density at radius 3 is 2.21 bits per heavy atom. The molecule has 2 aromatic carbocycles. The Morgan fingerprint density at radius 1 is 1.04 bits per heavy atom. The van der Waals surface area contributed by atoms with Gasteiger partial charge in [-0.2, -0.15) is 4.31 Å². The van der Waals surface area contributed by atoms with E-state index in [1.807, 2.05) is 0 Å². The summed E-state index contributed by atoms with van der Waals surface area (Å²) in [6.45, 7) is 3.93. The number of methoxy groups -OCH3 is 1. The molecule has 0 heterocycles. The van der Waals surface area contributed by atoms with Gasteiger partial charge in [0.15, 0.2) is 11.6 Å². The Balaban J connectivity index is 2.49. The number of amides is 1. The molecule has 0 bridgehead atoms. The van der Waals surface area contributed by atoms with Crippen molar-refractivity contribution in [2.24, 2.45) is 0 Å². The number of anilines is 1. The summed E-state index contributed by atoms with van der Waals surface area (Å²) in [5.41, 5.74) is 0.201. The minimum absolute atomic E-state index is 0.0683. The van der Waals surface area contributed by atoms with E-state index in [0.29, 0.717) is 0 Å². The van der Waals surface area contributed by atoms with Crippen LogP contribution in [0.25, 0.3) is 0 Å². The molecule has 0 saturated carbocycles. The van der Waals surface area contributed by atoms with Crippen LogP contribution in [0.3, 0.4) is 0 Å². The quantitative estimate of drug-likeness (QED) is 0.700. The Bertz CT molecular complexity index is 976. The van der Waals surface area contributed by atoms with Gasteiger partial charge in [0, 0.05) is 37.5 Å². The maximum Gasteiger partial charge on any atom is 0.258 e. The van der Waals surface area contributed by atoms with Crippen LogP contribution in [0, 0.1) is 11.6 Å². The summed E-state index contributed by atoms with van der Waals surface area (Å²) in [5, 5.41) is 0. The molecular weight excluding hydrogens is 390 g/mol. The second kappa shape index (κ2) is 8.66. The molecule has 28 heavy (non-hydrogen) atoms. The number of carbonyl (C=O) groups is 1. The van der Waals surface area contributed by atoms with Crippen molar-refractivity contribution in [2.75, 3.05) is 32.1 Å². The lowest BCUT2D eigenvalue weighted by atomic mass is 10.1. The van der Waals surface area contributed by atoms with Crippen molar-refractivity contribution in [1.29, 1.82) is 0 Å². The van der Waals surface area contributed by atoms with E-state index in [-0.39, 0.29) is 35.0 Å². The van der Waals surface area contributed by atoms with E-state index >= 15 is 0 Å². The maximum absolute atomic E-state index is 13.5. The lowest BCUT2D eigenvalue weighted by Gasteiger charge is -2.22. The molecule has 0 aliphatic rings. The van der Waals surface area contributed by atoms with E-state index in [1.165, 1.54) is 42.7 Å². The number of hydrogen-bond acceptors (Lipinski definition) is 4. The summed E-state index contributed by atoms with van der Waals surface area (Å²) in [6.07, 6.45) is 0. The first kappa shape index (κ1) is 21.8. The minimum Gasteiger partial charge on any atom is -0.495 e. The lowest BCUT2D eigenvalue weighted by Crippen LogP contribution is -2.31. The van der Waals surface area contributed by atoms with Gasteiger partial charge >= 0.3 is 0 Å². The van der Waals surface area contributed by atoms with Crippen molar-refractivity contribution < 1.29 is 26.7 Å². The molecule has 2 rings (SSSR count). The van der Waals surface area contributed by atoms with Crippen LogP contribution in [0.4, 0.5) is 14.5 Å². The van der Waals surface area contributed by atoms with Crippen LogP contribution in [-0.2, 0) is 10.0 Å². The average molecular weight is 412 g/mol. The normalized spacial score (nSPS) is 11.5. The largest absolute Gasteiger partial charge is 0.495 e. The first-order valence-corrected chi connectivity index (χ1v) is 10.0. The van der Waals surface area contributed by atoms with Crippen molar-refractivity contribution in [3.63, 3.8) is 0 Å². The summed E-state index contributed by atoms with van der Waals surface area (Å²) in [7, 11) is -1.15. The Kier molecular flexibility index (Phi) is 6.73. The van der Waals surface area contributed by atoms with E-state index < -0.39 is 27.6 Å². The van der Waals surface area contributed by atoms with Crippen molar-refractivity contribution in [3.05, 3.63) is 53.6 Å². The first-order chi connectivity index (χ1) is 13.2. The molecule has 0 aliphatic carbocycles. The molecule has 1 amide bonds. The Labute approximate surface area is 163 Å². The molecule has 2 aromatic rings. The highest BCUT2D eigenvalue weighted by Crippen LogP contribution is 2.29. The zero-order chi connectivity index (χ0) is 21.1. The van der Waals surface area contributed by atoms with Crippen molar-refractivity contribution >= 4 is 21.6 Å². The monoisotopic (exact) mass is 412 g/mol. The van der Waals surface area contributed by atoms with Gasteiger partial charge in [-0.1, -0.05) is 13.8 Å². The third-order valence-electron chi connectivity index (χ3n) is 4.33. The number of sulfonamides is 1. The standard InChI is InChI=1S/C19H22F2N2O4S/c1-5-23(6-2)28(25,26)18-11-13(7-10-17(18)27-4)19(24)22(3)14-8-9-15(20)16(21)12-14/h7-12H,5-6H2,1-4H3. The Hall–Kier alpha value is -2.52. The highest BCUT2D eigenvalue weighted by molar-refractivity contribution is 7.89. The molecule has 0 fully saturated rings. The van der Waals surface area contributed by atoms with Gasteiger partial charge in [-0.25, -0.2) is 17.2 Å². The van der Waals surface area contributed by atoms with Gasteiger partial charge in [0.1, 0.15) is 10.6 Å². The molecule has 0 unspecified atom stereocenters. The zero-order valence-corrected chi connectivity index (χ0v) is 16.9. The molecule has 0 spiro atoms. The van der Waals surface area contributed by atoms with Gasteiger partial charge in [-0.15, -0.1) is 0 Å². The minimum atomic E-state index is -3.87. The topological polar surface area (TPSA) is 66.9 Å². The fraction of sp³-hybridized carbons (Fsp3) is 0.316. The fourth-order valence-electron chi connectivity index (χ4n) is 2.72. The highest BCUT2D eigenvalue weighted by Gasteiger charge is 2.27. The second-order valence-electron chi connectivity index (χ2n) is 5.92. The van der Waals surface area contributed by atoms with Crippen molar-refractivity contribution in [1.82, 2.24) is 4.31 Å². The summed E-state index contributed by atoms with van der Waals surface area (Å²) < 4.78 is 58.8. The number of halogens is 2. The SMILES string of the molecule is CCN(CC)S(=O)(=O)c1cc(C(=O)N(C)c2ccc(F)c(F)c2)ccc1OC. The van der Waals surface area contributed by atoms with E-state index in [2.05, 4.69) is 0 Å². The van der Waals surface area contributed by atoms with E-state index in [0.717, 1.165) is 17.0 Å². The van der Waals surface area contributed by atoms with Gasteiger partial charge in [-0.05, 0) is 30.3 Å². The summed E-state index contributed by atoms with van der Waals surface area (Å²) >= 11 is 0. The van der Waals surface area contributed by atoms with E-state index in [1.54, 1.807) is 13.8 Å². The summed E-state index contributed by atoms with van der Waals surface area (Å²) in [5.74, 6) is -2.58. The van der Waals surface area contributed by atoms with Crippen LogP contribution in [0.15, 0.2) is 41.3 Å². The van der Waals surface area contributed by atoms with Crippen LogP contribution >= 0.6 is 0 Å². The molecule has 0 aromatic heterocycles. The maximum atomic E-state index is 13.5. The molecule has 0 aliphatic heterocycles. The molecular formula is C19H22F2N2O4S. The predicted octanol–water partition coefficient (Wildman–Crippen LogP) is 3.28. The van der Waals surface area contributed by atoms with Crippen LogP contribution < -0.4 is 9.64 Å². The van der Waals surface area contributed by atoms with Gasteiger partial charge < -0.3 is 9.64 Å². The van der Waals surface area contributed by atoms with Crippen LogP contribution in [0.5, 0.6) is 5.75 Å². The van der Waals surface area contributed by atoms with Crippen LogP contribution in [-0.4, -0.2) is 45.9 Å². The average Bonchev–Trinajstić information content (AvgIpc) is 2.69. The van der Waals surface area contributed by atoms with E-state index in [9.17, 15) is 22.0 Å². The number of ether oxygens (including phenoxy) is 1. The zero-order valence-electron chi connectivity index (χ0n) is 16.1. The van der Waals surface area contributed by atoms with Gasteiger partial charge in [0.05, 0.1) is 7.11 Å². The third kappa shape index (κ3) is 4.15. The molecule has 152 valence electrons. The van der Waals surface area contributed by atoms with Crippen molar-refractivity contribution in [2.45, 2.75) is 18.7 Å². The molecule has 6 nitrogen and oxygen atoms in total. The molecule has 0 atom stereocenters. The highest BCUT2D eigenvalue weighted by atomic mass is 32.2. The lowest BCUT2D eigenvalue weighted by molar-refractivity contribution is 0.0992. The molecule has 0 saturated heterocycles. The number of carbonyl (C=O) groups excluding carboxylic acids is 1. The smallest absolute Gasteiger partial charge is 0.258 e. The van der Waals surface area contributed by atoms with E-state index in [4.69, 9.17) is 4.74 Å². The van der Waals surface area contributed by atoms with Crippen LogP contribution in [0.2, 0.25) is 0 Å². The molecule has 9 heteroatoms. The summed E-state index contributed by atoms with van der Waals surface area (Å²) in [6, 6.07) is 7.10. The third-order valence-corrected chi connectivity index (χ3v) is 6.40. The van der Waals surface area contributed by atoms with Gasteiger partial charge in [0.25, 0.3) is 5.91 Å². The van der Waals surface area contributed by atoms with Crippen LogP contribution in [0.1, 0.15) is 24.2 Å². The second-order valence-corrected chi connectivity index (χ2v) is 7.82. The van der Waals surface area contributed by atoms with Gasteiger partial charge in [-0.3, -0.25) is 4.79 Å². The molecule has 0 N–H and O–H groups in total. The number of hydrogen-bond donors (Lipinski definition) is 0. The number of nitrogens with zero attached hydrogens (tertiary/aromatic N) is 2. The Morgan fingerprint density at radius 2 is 1.68 bits per heavy atom. The first-order valence-electron chi connectivity index (χ1n) is 8.58. The molecule has 0 radical (unpaired) electrons. The van der Waals surface area contributed by atoms with Crippen molar-refractivity contribution in [3.8, 4) is 5.75 Å². The van der Waals surface area contributed by atoms with Gasteiger partial charge in [0.2, 0.25) is 10.0 Å². The fourth-order valence-corrected chi connectivity index (χ4v) is 4.36. The predicted molar refractivity (Wildman–Crippen MR) is 102 cm³/mol. The number of benzene rings is 2. The summed E-state index contributed by atoms with van der Waals surface area (Å²) in [4.78, 5) is 13.8.